The quantitative estimate of drug-likeness (QED) is 0.463. The minimum absolute atomic E-state index is 0.173. The van der Waals surface area contributed by atoms with Gasteiger partial charge in [-0.15, -0.1) is 0 Å². The molecule has 1 saturated carbocycles. The summed E-state index contributed by atoms with van der Waals surface area (Å²) in [6.07, 6.45) is 0.234. The van der Waals surface area contributed by atoms with Crippen molar-refractivity contribution in [3.8, 4) is 0 Å². The second-order valence-corrected chi connectivity index (χ2v) is 7.05. The molecule has 0 bridgehead atoms. The molecule has 0 aliphatic heterocycles. The summed E-state index contributed by atoms with van der Waals surface area (Å²) in [5.74, 6) is -1.85. The summed E-state index contributed by atoms with van der Waals surface area (Å²) in [6, 6.07) is 0. The normalized spacial score (nSPS) is 30.1. The van der Waals surface area contributed by atoms with Crippen molar-refractivity contribution in [2.24, 2.45) is 10.8 Å². The summed E-state index contributed by atoms with van der Waals surface area (Å²) in [4.78, 5) is 34.2. The Hall–Kier alpha value is -1.65. The van der Waals surface area contributed by atoms with Gasteiger partial charge in [-0.25, -0.2) is 4.79 Å². The molecule has 0 aromatic carbocycles. The third-order valence-corrected chi connectivity index (χ3v) is 5.16. The van der Waals surface area contributed by atoms with E-state index in [2.05, 4.69) is 6.58 Å². The summed E-state index contributed by atoms with van der Waals surface area (Å²) >= 11 is 0. The number of carboxylic acid groups (broad SMARTS) is 1. The van der Waals surface area contributed by atoms with Crippen LogP contribution < -0.4 is 0 Å². The lowest BCUT2D eigenvalue weighted by Gasteiger charge is -2.65. The Balaban J connectivity index is 2.83. The molecule has 0 heterocycles. The van der Waals surface area contributed by atoms with Crippen molar-refractivity contribution < 1.29 is 24.2 Å². The average Bonchev–Trinajstić information content (AvgIpc) is 2.26. The van der Waals surface area contributed by atoms with Gasteiger partial charge in [0.2, 0.25) is 0 Å². The number of aliphatic carboxylic acids is 1. The second kappa shape index (κ2) is 5.28. The van der Waals surface area contributed by atoms with Crippen LogP contribution in [0.5, 0.6) is 0 Å². The number of esters is 1. The zero-order chi connectivity index (χ0) is 16.6. The molecular formula is C16H24O5. The Morgan fingerprint density at radius 2 is 1.71 bits per heavy atom. The number of Topliss-reactive ketones (excluding diaryl/α,β-unsaturated/α-hetero) is 1. The van der Waals surface area contributed by atoms with E-state index < -0.39 is 29.4 Å². The molecule has 0 saturated heterocycles. The van der Waals surface area contributed by atoms with Crippen molar-refractivity contribution in [3.63, 3.8) is 0 Å². The van der Waals surface area contributed by atoms with Gasteiger partial charge in [0.15, 0.2) is 0 Å². The van der Waals surface area contributed by atoms with Gasteiger partial charge in [-0.2, -0.15) is 0 Å². The van der Waals surface area contributed by atoms with E-state index in [9.17, 15) is 14.4 Å². The van der Waals surface area contributed by atoms with Crippen LogP contribution in [0.4, 0.5) is 0 Å². The van der Waals surface area contributed by atoms with E-state index in [0.717, 1.165) is 0 Å². The number of carbonyl (C=O) groups excluding carboxylic acids is 2. The van der Waals surface area contributed by atoms with Crippen LogP contribution >= 0.6 is 0 Å². The number of ketones is 1. The molecule has 2 unspecified atom stereocenters. The smallest absolute Gasteiger partial charge is 0.333 e. The fourth-order valence-corrected chi connectivity index (χ4v) is 3.12. The minimum Gasteiger partial charge on any atom is -0.481 e. The maximum atomic E-state index is 11.8. The lowest BCUT2D eigenvalue weighted by Crippen LogP contribution is -2.67. The lowest BCUT2D eigenvalue weighted by atomic mass is 9.42. The number of ether oxygens (including phenoxy) is 1. The van der Waals surface area contributed by atoms with E-state index >= 15 is 0 Å². The van der Waals surface area contributed by atoms with E-state index in [4.69, 9.17) is 9.84 Å². The van der Waals surface area contributed by atoms with Gasteiger partial charge in [0.1, 0.15) is 17.8 Å². The highest BCUT2D eigenvalue weighted by atomic mass is 16.6. The van der Waals surface area contributed by atoms with Crippen LogP contribution in [0, 0.1) is 10.8 Å². The van der Waals surface area contributed by atoms with Crippen molar-refractivity contribution in [1.29, 1.82) is 0 Å². The second-order valence-electron chi connectivity index (χ2n) is 7.05. The van der Waals surface area contributed by atoms with E-state index in [1.807, 2.05) is 27.7 Å². The molecule has 118 valence electrons. The molecule has 0 amide bonds. The molecule has 5 heteroatoms. The maximum absolute atomic E-state index is 11.8. The zero-order valence-corrected chi connectivity index (χ0v) is 13.4. The highest BCUT2D eigenvalue weighted by Gasteiger charge is 2.66. The Labute approximate surface area is 125 Å². The number of hydrogen-bond donors (Lipinski definition) is 1. The summed E-state index contributed by atoms with van der Waals surface area (Å²) in [6.45, 7) is 12.8. The molecule has 21 heavy (non-hydrogen) atoms. The molecule has 0 aromatic rings. The standard InChI is InChI=1S/C16H24O5/c1-10(2)13(20)21-16(6)9-15(5,14(16,3)4)8-11(17)7-12(18)19/h1,7-9H2,2-6H3,(H,18,19). The molecule has 0 spiro atoms. The first-order valence-corrected chi connectivity index (χ1v) is 6.97. The molecule has 2 atom stereocenters. The molecule has 1 N–H and O–H groups in total. The summed E-state index contributed by atoms with van der Waals surface area (Å²) < 4.78 is 5.54. The Kier molecular flexibility index (Phi) is 4.37. The van der Waals surface area contributed by atoms with Crippen molar-refractivity contribution >= 4 is 17.7 Å². The Morgan fingerprint density at radius 1 is 1.19 bits per heavy atom. The number of hydrogen-bond acceptors (Lipinski definition) is 4. The highest BCUT2D eigenvalue weighted by Crippen LogP contribution is 2.66. The van der Waals surface area contributed by atoms with E-state index in [1.54, 1.807) is 6.92 Å². The van der Waals surface area contributed by atoms with E-state index in [0.29, 0.717) is 12.0 Å². The van der Waals surface area contributed by atoms with Gasteiger partial charge in [0, 0.05) is 17.4 Å². The van der Waals surface area contributed by atoms with Crippen molar-refractivity contribution in [2.75, 3.05) is 0 Å². The predicted octanol–water partition coefficient (Wildman–Crippen LogP) is 2.73. The van der Waals surface area contributed by atoms with Gasteiger partial charge >= 0.3 is 11.9 Å². The summed E-state index contributed by atoms with van der Waals surface area (Å²) in [5, 5.41) is 8.68. The fraction of sp³-hybridized carbons (Fsp3) is 0.688. The van der Waals surface area contributed by atoms with Crippen LogP contribution in [-0.2, 0) is 19.1 Å². The van der Waals surface area contributed by atoms with Crippen molar-refractivity contribution in [1.82, 2.24) is 0 Å². The van der Waals surface area contributed by atoms with Crippen LogP contribution in [0.25, 0.3) is 0 Å². The van der Waals surface area contributed by atoms with E-state index in [-0.39, 0.29) is 17.6 Å². The van der Waals surface area contributed by atoms with Gasteiger partial charge in [-0.05, 0) is 25.7 Å². The number of carbonyl (C=O) groups is 3. The Morgan fingerprint density at radius 3 is 2.10 bits per heavy atom. The van der Waals surface area contributed by atoms with Crippen LogP contribution in [0.2, 0.25) is 0 Å². The van der Waals surface area contributed by atoms with Gasteiger partial charge in [-0.3, -0.25) is 9.59 Å². The van der Waals surface area contributed by atoms with Crippen LogP contribution in [0.1, 0.15) is 53.9 Å². The third-order valence-electron chi connectivity index (χ3n) is 5.16. The average molecular weight is 296 g/mol. The predicted molar refractivity (Wildman–Crippen MR) is 77.7 cm³/mol. The van der Waals surface area contributed by atoms with Crippen molar-refractivity contribution in [2.45, 2.75) is 59.5 Å². The fourth-order valence-electron chi connectivity index (χ4n) is 3.12. The first kappa shape index (κ1) is 17.4. The molecule has 5 nitrogen and oxygen atoms in total. The third kappa shape index (κ3) is 3.01. The largest absolute Gasteiger partial charge is 0.481 e. The monoisotopic (exact) mass is 296 g/mol. The molecule has 0 radical (unpaired) electrons. The molecule has 1 aliphatic carbocycles. The first-order chi connectivity index (χ1) is 9.34. The summed E-state index contributed by atoms with van der Waals surface area (Å²) in [7, 11) is 0. The van der Waals surface area contributed by atoms with Gasteiger partial charge in [0.25, 0.3) is 0 Å². The Bertz CT molecular complexity index is 505. The molecule has 1 aliphatic rings. The van der Waals surface area contributed by atoms with Crippen molar-refractivity contribution in [3.05, 3.63) is 12.2 Å². The zero-order valence-electron chi connectivity index (χ0n) is 13.4. The molecular weight excluding hydrogens is 272 g/mol. The van der Waals surface area contributed by atoms with Crippen LogP contribution in [0.3, 0.4) is 0 Å². The first-order valence-electron chi connectivity index (χ1n) is 6.97. The lowest BCUT2D eigenvalue weighted by molar-refractivity contribution is -0.249. The molecule has 1 rings (SSSR count). The molecule has 0 aromatic heterocycles. The topological polar surface area (TPSA) is 80.7 Å². The van der Waals surface area contributed by atoms with E-state index in [1.165, 1.54) is 0 Å². The number of carboxylic acids is 1. The van der Waals surface area contributed by atoms with Gasteiger partial charge < -0.3 is 9.84 Å². The minimum atomic E-state index is -1.11. The van der Waals surface area contributed by atoms with Gasteiger partial charge in [0.05, 0.1) is 0 Å². The molecule has 1 fully saturated rings. The SMILES string of the molecule is C=C(C)C(=O)OC1(C)CC(C)(CC(=O)CC(=O)O)C1(C)C. The van der Waals surface area contributed by atoms with Crippen LogP contribution in [-0.4, -0.2) is 28.4 Å². The highest BCUT2D eigenvalue weighted by molar-refractivity contribution is 5.95. The summed E-state index contributed by atoms with van der Waals surface area (Å²) in [5.41, 5.74) is -1.16. The van der Waals surface area contributed by atoms with Crippen LogP contribution in [0.15, 0.2) is 12.2 Å². The maximum Gasteiger partial charge on any atom is 0.333 e. The van der Waals surface area contributed by atoms with Gasteiger partial charge in [-0.1, -0.05) is 27.4 Å². The number of rotatable bonds is 6.